The molecule has 3 aromatic rings. The molecule has 0 aliphatic heterocycles. The first-order valence-electron chi connectivity index (χ1n) is 5.78. The summed E-state index contributed by atoms with van der Waals surface area (Å²) in [5, 5.41) is 0. The summed E-state index contributed by atoms with van der Waals surface area (Å²) in [6.45, 7) is 0. The van der Waals surface area contributed by atoms with E-state index in [4.69, 9.17) is 0 Å². The quantitative estimate of drug-likeness (QED) is 0.632. The van der Waals surface area contributed by atoms with E-state index in [1.807, 2.05) is 60.8 Å². The predicted molar refractivity (Wildman–Crippen MR) is 73.9 cm³/mol. The summed E-state index contributed by atoms with van der Waals surface area (Å²) < 4.78 is 0. The Kier molecular flexibility index (Phi) is 7.30. The number of rotatable bonds is 1. The summed E-state index contributed by atoms with van der Waals surface area (Å²) in [5.74, 6) is 0. The number of aromatic nitrogens is 2. The van der Waals surface area contributed by atoms with Crippen molar-refractivity contribution in [3.8, 4) is 11.3 Å². The zero-order valence-corrected chi connectivity index (χ0v) is 12.1. The van der Waals surface area contributed by atoms with Gasteiger partial charge in [-0.15, -0.1) is 0 Å². The summed E-state index contributed by atoms with van der Waals surface area (Å²) >= 11 is 0. The molecule has 0 atom stereocenters. The van der Waals surface area contributed by atoms with Crippen LogP contribution in [0.5, 0.6) is 0 Å². The van der Waals surface area contributed by atoms with Gasteiger partial charge in [0.2, 0.25) is 0 Å². The van der Waals surface area contributed by atoms with Crippen molar-refractivity contribution >= 4 is 0 Å². The summed E-state index contributed by atoms with van der Waals surface area (Å²) in [4.78, 5) is 8.03. The van der Waals surface area contributed by atoms with Gasteiger partial charge in [-0.25, -0.2) is 0 Å². The molecule has 0 fully saturated rings. The average Bonchev–Trinajstić information content (AvgIpc) is 2.51. The molecule has 2 nitrogen and oxygen atoms in total. The van der Waals surface area contributed by atoms with Crippen LogP contribution < -0.4 is 0 Å². The molecule has 0 spiro atoms. The van der Waals surface area contributed by atoms with Crippen molar-refractivity contribution in [1.82, 2.24) is 9.97 Å². The van der Waals surface area contributed by atoms with Crippen LogP contribution in [0.15, 0.2) is 85.3 Å². The standard InChI is InChI=1S/C11H9N.C5H5N.Ru/c1-2-6-10(7-3-1)11-8-4-5-9-12-11;1-2-4-6-5-3-1;/h1-9H;1-5H;. The van der Waals surface area contributed by atoms with Gasteiger partial charge >= 0.3 is 0 Å². The molecule has 2 heterocycles. The second-order valence-electron chi connectivity index (χ2n) is 3.61. The third-order valence-electron chi connectivity index (χ3n) is 2.30. The molecule has 0 amide bonds. The van der Waals surface area contributed by atoms with E-state index < -0.39 is 0 Å². The van der Waals surface area contributed by atoms with Crippen LogP contribution in [0.25, 0.3) is 11.3 Å². The second kappa shape index (κ2) is 9.12. The number of hydrogen-bond donors (Lipinski definition) is 0. The minimum absolute atomic E-state index is 0. The van der Waals surface area contributed by atoms with Crippen molar-refractivity contribution in [2.24, 2.45) is 0 Å². The van der Waals surface area contributed by atoms with Crippen molar-refractivity contribution < 1.29 is 19.5 Å². The molecule has 2 aromatic heterocycles. The molecule has 0 aliphatic carbocycles. The normalized spacial score (nSPS) is 8.63. The van der Waals surface area contributed by atoms with E-state index in [2.05, 4.69) is 22.1 Å². The van der Waals surface area contributed by atoms with Crippen LogP contribution in [0.2, 0.25) is 0 Å². The first kappa shape index (κ1) is 15.2. The Bertz CT molecular complexity index is 477. The third kappa shape index (κ3) is 5.54. The Labute approximate surface area is 126 Å². The maximum Gasteiger partial charge on any atom is 0.0701 e. The third-order valence-corrected chi connectivity index (χ3v) is 2.30. The molecule has 3 heteroatoms. The largest absolute Gasteiger partial charge is 0.265 e. The van der Waals surface area contributed by atoms with E-state index in [1.165, 1.54) is 0 Å². The van der Waals surface area contributed by atoms with Gasteiger partial charge in [-0.3, -0.25) is 9.97 Å². The van der Waals surface area contributed by atoms with E-state index in [9.17, 15) is 0 Å². The smallest absolute Gasteiger partial charge is 0.0701 e. The van der Waals surface area contributed by atoms with Crippen molar-refractivity contribution in [3.05, 3.63) is 85.3 Å². The first-order chi connectivity index (χ1) is 8.97. The first-order valence-corrected chi connectivity index (χ1v) is 5.78. The fourth-order valence-corrected chi connectivity index (χ4v) is 1.46. The van der Waals surface area contributed by atoms with Crippen LogP contribution in [-0.2, 0) is 19.5 Å². The summed E-state index contributed by atoms with van der Waals surface area (Å²) in [7, 11) is 0. The zero-order valence-electron chi connectivity index (χ0n) is 10.3. The Morgan fingerprint density at radius 3 is 1.63 bits per heavy atom. The Hall–Kier alpha value is -1.86. The minimum Gasteiger partial charge on any atom is -0.265 e. The van der Waals surface area contributed by atoms with Crippen molar-refractivity contribution in [2.45, 2.75) is 0 Å². The molecule has 96 valence electrons. The summed E-state index contributed by atoms with van der Waals surface area (Å²) in [6.07, 6.45) is 5.31. The summed E-state index contributed by atoms with van der Waals surface area (Å²) in [5.41, 5.74) is 2.19. The Balaban J connectivity index is 0.000000220. The van der Waals surface area contributed by atoms with E-state index in [-0.39, 0.29) is 19.5 Å². The molecule has 0 bridgehead atoms. The van der Waals surface area contributed by atoms with Crippen LogP contribution in [0, 0.1) is 0 Å². The van der Waals surface area contributed by atoms with Gasteiger partial charge in [0.1, 0.15) is 0 Å². The van der Waals surface area contributed by atoms with Gasteiger partial charge in [0.15, 0.2) is 0 Å². The molecule has 19 heavy (non-hydrogen) atoms. The molecule has 0 unspecified atom stereocenters. The molecule has 0 saturated heterocycles. The topological polar surface area (TPSA) is 25.8 Å². The van der Waals surface area contributed by atoms with Gasteiger partial charge in [0.05, 0.1) is 5.69 Å². The Morgan fingerprint density at radius 2 is 1.16 bits per heavy atom. The molecule has 0 radical (unpaired) electrons. The van der Waals surface area contributed by atoms with Gasteiger partial charge in [-0.2, -0.15) is 0 Å². The SMILES string of the molecule is [Ru].c1ccc(-c2ccccn2)cc1.c1ccncc1. The minimum atomic E-state index is 0. The van der Waals surface area contributed by atoms with Crippen LogP contribution in [0.4, 0.5) is 0 Å². The Morgan fingerprint density at radius 1 is 0.579 bits per heavy atom. The molecular weight excluding hydrogens is 321 g/mol. The fraction of sp³-hybridized carbons (Fsp3) is 0. The van der Waals surface area contributed by atoms with E-state index in [0.717, 1.165) is 11.3 Å². The van der Waals surface area contributed by atoms with Crippen LogP contribution in [0.1, 0.15) is 0 Å². The number of pyridine rings is 2. The summed E-state index contributed by atoms with van der Waals surface area (Å²) in [6, 6.07) is 21.8. The monoisotopic (exact) mass is 336 g/mol. The predicted octanol–water partition coefficient (Wildman–Crippen LogP) is 3.83. The maximum atomic E-state index is 4.25. The maximum absolute atomic E-state index is 4.25. The van der Waals surface area contributed by atoms with Gasteiger partial charge in [-0.05, 0) is 24.3 Å². The molecule has 1 aromatic carbocycles. The van der Waals surface area contributed by atoms with E-state index in [1.54, 1.807) is 12.4 Å². The van der Waals surface area contributed by atoms with Crippen molar-refractivity contribution in [3.63, 3.8) is 0 Å². The van der Waals surface area contributed by atoms with Crippen LogP contribution in [-0.4, -0.2) is 9.97 Å². The van der Waals surface area contributed by atoms with E-state index in [0.29, 0.717) is 0 Å². The molecule has 3 rings (SSSR count). The number of hydrogen-bond acceptors (Lipinski definition) is 2. The van der Waals surface area contributed by atoms with Gasteiger partial charge in [0, 0.05) is 43.6 Å². The average molecular weight is 335 g/mol. The number of nitrogens with zero attached hydrogens (tertiary/aromatic N) is 2. The zero-order chi connectivity index (χ0) is 12.5. The molecule has 0 aliphatic rings. The van der Waals surface area contributed by atoms with Gasteiger partial charge in [0.25, 0.3) is 0 Å². The fourth-order valence-electron chi connectivity index (χ4n) is 1.46. The van der Waals surface area contributed by atoms with Crippen LogP contribution >= 0.6 is 0 Å². The van der Waals surface area contributed by atoms with Gasteiger partial charge < -0.3 is 0 Å². The molecule has 0 saturated carbocycles. The van der Waals surface area contributed by atoms with E-state index >= 15 is 0 Å². The molecular formula is C16H14N2Ru. The van der Waals surface area contributed by atoms with Crippen LogP contribution in [0.3, 0.4) is 0 Å². The second-order valence-corrected chi connectivity index (χ2v) is 3.61. The van der Waals surface area contributed by atoms with Gasteiger partial charge in [-0.1, -0.05) is 42.5 Å². The van der Waals surface area contributed by atoms with Crippen molar-refractivity contribution in [2.75, 3.05) is 0 Å². The van der Waals surface area contributed by atoms with Crippen molar-refractivity contribution in [1.29, 1.82) is 0 Å². The molecule has 0 N–H and O–H groups in total. The number of benzene rings is 1.